The highest BCUT2D eigenvalue weighted by Crippen LogP contribution is 2.26. The lowest BCUT2D eigenvalue weighted by molar-refractivity contribution is -0.536. The van der Waals surface area contributed by atoms with E-state index in [1.54, 1.807) is 5.84 Å². The Bertz CT molecular complexity index is 455. The van der Waals surface area contributed by atoms with Gasteiger partial charge in [-0.2, -0.15) is 0 Å². The number of nitrogens with zero attached hydrogens (tertiary/aromatic N) is 4. The van der Waals surface area contributed by atoms with Crippen LogP contribution in [0, 0.1) is 5.92 Å². The number of halogens is 1. The predicted molar refractivity (Wildman–Crippen MR) is 154 cm³/mol. The molecule has 0 bridgehead atoms. The summed E-state index contributed by atoms with van der Waals surface area (Å²) in [5.41, 5.74) is 0. The first-order valence-electron chi connectivity index (χ1n) is 15.4. The van der Waals surface area contributed by atoms with Gasteiger partial charge in [0.05, 0.1) is 38.3 Å². The number of amidine groups is 1. The highest BCUT2D eigenvalue weighted by molar-refractivity contribution is 5.81. The third-order valence-corrected chi connectivity index (χ3v) is 6.70. The lowest BCUT2D eigenvalue weighted by Gasteiger charge is -2.45. The number of hydrogen-bond donors (Lipinski definition) is 0. The van der Waals surface area contributed by atoms with Crippen molar-refractivity contribution < 1.29 is 17.0 Å². The first-order chi connectivity index (χ1) is 16.5. The Morgan fingerprint density at radius 2 is 0.886 bits per heavy atom. The van der Waals surface area contributed by atoms with Crippen molar-refractivity contribution in [1.29, 1.82) is 0 Å². The molecule has 1 unspecified atom stereocenters. The first kappa shape index (κ1) is 36.8. The summed E-state index contributed by atoms with van der Waals surface area (Å²) in [7, 11) is 0. The van der Waals surface area contributed by atoms with E-state index in [0.29, 0.717) is 12.1 Å². The molecule has 0 spiro atoms. The second-order valence-corrected chi connectivity index (χ2v) is 10.2. The lowest BCUT2D eigenvalue weighted by atomic mass is 9.93. The summed E-state index contributed by atoms with van der Waals surface area (Å²) in [6, 6.07) is 0. The molecule has 5 heteroatoms. The summed E-state index contributed by atoms with van der Waals surface area (Å²) in [6.45, 7) is 30.9. The van der Waals surface area contributed by atoms with Crippen LogP contribution in [0.2, 0.25) is 0 Å². The molecule has 4 nitrogen and oxygen atoms in total. The fraction of sp³-hybridized carbons (Fsp3) is 0.967. The van der Waals surface area contributed by atoms with Gasteiger partial charge in [-0.15, -0.1) is 0 Å². The number of hydrogen-bond acceptors (Lipinski definition) is 2. The van der Waals surface area contributed by atoms with Crippen LogP contribution in [0.5, 0.6) is 0 Å². The Morgan fingerprint density at radius 1 is 0.514 bits per heavy atom. The smallest absolute Gasteiger partial charge is 0.252 e. The van der Waals surface area contributed by atoms with E-state index in [1.807, 2.05) is 0 Å². The maximum atomic E-state index is 2.87. The molecule has 0 N–H and O–H groups in total. The topological polar surface area (TPSA) is 12.7 Å². The van der Waals surface area contributed by atoms with Gasteiger partial charge in [0.25, 0.3) is 5.84 Å². The molecule has 0 amide bonds. The summed E-state index contributed by atoms with van der Waals surface area (Å²) in [5.74, 6) is 2.24. The van der Waals surface area contributed by atoms with Crippen LogP contribution in [-0.4, -0.2) is 83.6 Å². The van der Waals surface area contributed by atoms with Crippen molar-refractivity contribution in [3.63, 3.8) is 0 Å². The highest BCUT2D eigenvalue weighted by atomic mass is 35.5. The van der Waals surface area contributed by atoms with E-state index in [1.165, 1.54) is 117 Å². The summed E-state index contributed by atoms with van der Waals surface area (Å²) < 4.78 is 2.81. The van der Waals surface area contributed by atoms with Crippen LogP contribution in [0.3, 0.4) is 0 Å². The summed E-state index contributed by atoms with van der Waals surface area (Å²) >= 11 is 0. The van der Waals surface area contributed by atoms with Gasteiger partial charge in [0.15, 0.2) is 0 Å². The van der Waals surface area contributed by atoms with Gasteiger partial charge in [-0.3, -0.25) is 19.3 Å². The Hall–Kier alpha value is -0.320. The van der Waals surface area contributed by atoms with E-state index in [9.17, 15) is 0 Å². The minimum Gasteiger partial charge on any atom is -1.00 e. The zero-order valence-corrected chi connectivity index (χ0v) is 26.3. The predicted octanol–water partition coefficient (Wildman–Crippen LogP) is 4.33. The molecule has 0 heterocycles. The monoisotopic (exact) mass is 516 g/mol. The normalized spacial score (nSPS) is 12.3. The van der Waals surface area contributed by atoms with Gasteiger partial charge < -0.3 is 12.4 Å². The van der Waals surface area contributed by atoms with E-state index in [0.717, 1.165) is 0 Å². The van der Waals surface area contributed by atoms with Crippen LogP contribution >= 0.6 is 0 Å². The van der Waals surface area contributed by atoms with E-state index in [2.05, 4.69) is 81.6 Å². The summed E-state index contributed by atoms with van der Waals surface area (Å²) in [6.07, 6.45) is 12.9. The Labute approximate surface area is 228 Å². The molecule has 1 atom stereocenters. The summed E-state index contributed by atoms with van der Waals surface area (Å²) in [4.78, 5) is 8.56. The van der Waals surface area contributed by atoms with Crippen molar-refractivity contribution in [3.8, 4) is 0 Å². The summed E-state index contributed by atoms with van der Waals surface area (Å²) in [5, 5.41) is 0. The molecule has 0 aliphatic heterocycles. The first-order valence-corrected chi connectivity index (χ1v) is 15.4. The molecular formula is C30H65ClN4. The number of rotatable bonds is 22. The molecule has 0 aromatic heterocycles. The molecule has 0 rings (SSSR count). The lowest BCUT2D eigenvalue weighted by Crippen LogP contribution is -3.00. The maximum absolute atomic E-state index is 2.87. The van der Waals surface area contributed by atoms with Crippen molar-refractivity contribution in [1.82, 2.24) is 14.7 Å². The fourth-order valence-corrected chi connectivity index (χ4v) is 5.79. The van der Waals surface area contributed by atoms with Crippen molar-refractivity contribution in [2.24, 2.45) is 5.92 Å². The van der Waals surface area contributed by atoms with Gasteiger partial charge in [-0.05, 0) is 84.0 Å². The zero-order valence-electron chi connectivity index (χ0n) is 25.5. The molecule has 35 heavy (non-hydrogen) atoms. The maximum Gasteiger partial charge on any atom is 0.252 e. The van der Waals surface area contributed by atoms with Crippen molar-refractivity contribution in [2.45, 2.75) is 133 Å². The molecule has 0 aliphatic carbocycles. The third-order valence-electron chi connectivity index (χ3n) is 6.70. The van der Waals surface area contributed by atoms with Gasteiger partial charge in [0.2, 0.25) is 0 Å². The van der Waals surface area contributed by atoms with E-state index in [-0.39, 0.29) is 12.4 Å². The molecule has 0 saturated heterocycles. The van der Waals surface area contributed by atoms with Crippen LogP contribution in [-0.2, 0) is 0 Å². The van der Waals surface area contributed by atoms with Crippen LogP contribution < -0.4 is 12.4 Å². The Morgan fingerprint density at radius 3 is 1.17 bits per heavy atom. The molecule has 0 aliphatic rings. The Balaban J connectivity index is 0. The van der Waals surface area contributed by atoms with Crippen molar-refractivity contribution in [3.05, 3.63) is 0 Å². The molecule has 0 fully saturated rings. The van der Waals surface area contributed by atoms with Crippen LogP contribution in [0.15, 0.2) is 0 Å². The average Bonchev–Trinajstić information content (AvgIpc) is 2.80. The molecule has 0 aromatic rings. The van der Waals surface area contributed by atoms with Crippen LogP contribution in [0.1, 0.15) is 127 Å². The second kappa shape index (κ2) is 24.0. The standard InChI is InChI=1S/C30H65N4.ClH/c1-10-19-28(29(31(20-11-2)21-12-3)32(22-13-4)23-14-5)30(33(24-15-6)25-16-7)34(26-17-8)27-18-9;/h28-29H,10-27H2,1-9H3;1H/q+1;/p-1. The molecule has 0 aromatic carbocycles. The van der Waals surface area contributed by atoms with Gasteiger partial charge in [0.1, 0.15) is 0 Å². The van der Waals surface area contributed by atoms with E-state index in [4.69, 9.17) is 0 Å². The van der Waals surface area contributed by atoms with Crippen LogP contribution in [0.4, 0.5) is 0 Å². The minimum absolute atomic E-state index is 0. The van der Waals surface area contributed by atoms with Crippen molar-refractivity contribution >= 4 is 5.84 Å². The van der Waals surface area contributed by atoms with Crippen molar-refractivity contribution in [2.75, 3.05) is 52.4 Å². The second-order valence-electron chi connectivity index (χ2n) is 10.2. The van der Waals surface area contributed by atoms with Gasteiger partial charge in [-0.25, -0.2) is 0 Å². The fourth-order valence-electron chi connectivity index (χ4n) is 5.79. The SMILES string of the molecule is CCCC(C(N(CCC)CCC)=[N+](CCC)CCC)C(N(CCC)CCC)N(CCC)CCC.[Cl-]. The quantitative estimate of drug-likeness (QED) is 0.0919. The van der Waals surface area contributed by atoms with Crippen LogP contribution in [0.25, 0.3) is 0 Å². The van der Waals surface area contributed by atoms with E-state index < -0.39 is 0 Å². The van der Waals surface area contributed by atoms with Gasteiger partial charge in [0, 0.05) is 0 Å². The highest BCUT2D eigenvalue weighted by Gasteiger charge is 2.40. The largest absolute Gasteiger partial charge is 1.00 e. The minimum atomic E-state index is 0. The molecule has 0 radical (unpaired) electrons. The van der Waals surface area contributed by atoms with Gasteiger partial charge in [-0.1, -0.05) is 68.7 Å². The van der Waals surface area contributed by atoms with Gasteiger partial charge >= 0.3 is 0 Å². The average molecular weight is 517 g/mol. The molecular weight excluding hydrogens is 452 g/mol. The zero-order chi connectivity index (χ0) is 25.8. The van der Waals surface area contributed by atoms with E-state index >= 15 is 0 Å². The molecule has 0 saturated carbocycles. The molecule has 212 valence electrons. The third kappa shape index (κ3) is 13.2. The Kier molecular flexibility index (Phi) is 25.3.